The number of fused-ring (bicyclic) bond motifs is 1. The van der Waals surface area contributed by atoms with E-state index in [1.54, 1.807) is 23.2 Å². The number of carbonyl (C=O) groups is 1. The van der Waals surface area contributed by atoms with Crippen molar-refractivity contribution >= 4 is 27.5 Å². The van der Waals surface area contributed by atoms with Gasteiger partial charge in [-0.05, 0) is 18.2 Å². The molecule has 0 unspecified atom stereocenters. The Labute approximate surface area is 191 Å². The highest BCUT2D eigenvalue weighted by Crippen LogP contribution is 2.39. The van der Waals surface area contributed by atoms with E-state index < -0.39 is 33.4 Å². The maximum absolute atomic E-state index is 13.4. The Morgan fingerprint density at radius 1 is 1.24 bits per heavy atom. The minimum absolute atomic E-state index is 0.0999. The minimum Gasteiger partial charge on any atom is -0.378 e. The fraction of sp³-hybridized carbons (Fsp3) is 0.368. The van der Waals surface area contributed by atoms with Gasteiger partial charge < -0.3 is 9.64 Å². The number of nitrogens with zero attached hydrogens (tertiary/aromatic N) is 6. The summed E-state index contributed by atoms with van der Waals surface area (Å²) in [5.41, 5.74) is 0.420. The summed E-state index contributed by atoms with van der Waals surface area (Å²) < 4.78 is 57.6. The zero-order chi connectivity index (χ0) is 23.4. The zero-order valence-electron chi connectivity index (χ0n) is 16.9. The van der Waals surface area contributed by atoms with Crippen LogP contribution in [0.5, 0.6) is 0 Å². The fourth-order valence-electron chi connectivity index (χ4n) is 3.92. The zero-order valence-corrected chi connectivity index (χ0v) is 18.5. The Morgan fingerprint density at radius 3 is 2.67 bits per heavy atom. The minimum atomic E-state index is -4.16. The molecule has 1 amide bonds. The van der Waals surface area contributed by atoms with Gasteiger partial charge in [-0.25, -0.2) is 8.78 Å². The van der Waals surface area contributed by atoms with Crippen molar-refractivity contribution in [2.75, 3.05) is 13.2 Å². The first-order valence-corrected chi connectivity index (χ1v) is 11.7. The molecule has 174 valence electrons. The van der Waals surface area contributed by atoms with Gasteiger partial charge in [-0.1, -0.05) is 11.6 Å². The summed E-state index contributed by atoms with van der Waals surface area (Å²) in [5.74, 6) is -0.229. The van der Waals surface area contributed by atoms with Crippen LogP contribution in [0.25, 0.3) is 0 Å². The van der Waals surface area contributed by atoms with Crippen LogP contribution in [0, 0.1) is 0 Å². The van der Waals surface area contributed by atoms with E-state index in [0.29, 0.717) is 22.0 Å². The van der Waals surface area contributed by atoms with E-state index in [0.717, 1.165) is 14.8 Å². The Morgan fingerprint density at radius 2 is 2.03 bits per heavy atom. The molecular formula is C19H17ClF2N6O4S. The topological polar surface area (TPSA) is 112 Å². The summed E-state index contributed by atoms with van der Waals surface area (Å²) >= 11 is 6.28. The Kier molecular flexibility index (Phi) is 5.21. The number of ether oxygens (including phenoxy) is 1. The number of aromatic nitrogens is 5. The lowest BCUT2D eigenvalue weighted by Crippen LogP contribution is -2.58. The largest absolute Gasteiger partial charge is 0.378 e. The van der Waals surface area contributed by atoms with Crippen molar-refractivity contribution in [3.63, 3.8) is 0 Å². The number of rotatable bonds is 6. The molecule has 5 heterocycles. The second kappa shape index (κ2) is 7.85. The first-order valence-electron chi connectivity index (χ1n) is 9.83. The van der Waals surface area contributed by atoms with Crippen LogP contribution < -0.4 is 0 Å². The van der Waals surface area contributed by atoms with E-state index in [-0.39, 0.29) is 32.2 Å². The molecule has 10 nitrogen and oxygen atoms in total. The normalized spacial score (nSPS) is 17.3. The summed E-state index contributed by atoms with van der Waals surface area (Å²) in [6, 6.07) is 4.47. The van der Waals surface area contributed by atoms with Crippen LogP contribution >= 0.6 is 11.6 Å². The van der Waals surface area contributed by atoms with Crippen molar-refractivity contribution in [2.24, 2.45) is 0 Å². The molecule has 3 aromatic heterocycles. The molecule has 0 aromatic carbocycles. The highest BCUT2D eigenvalue weighted by Gasteiger charge is 2.52. The molecule has 33 heavy (non-hydrogen) atoms. The molecule has 14 heteroatoms. The van der Waals surface area contributed by atoms with Gasteiger partial charge in [0.05, 0.1) is 36.2 Å². The summed E-state index contributed by atoms with van der Waals surface area (Å²) in [4.78, 5) is 19.2. The third-order valence-corrected chi connectivity index (χ3v) is 7.35. The van der Waals surface area contributed by atoms with Crippen LogP contribution in [0.1, 0.15) is 17.0 Å². The molecule has 0 aliphatic carbocycles. The lowest BCUT2D eigenvalue weighted by atomic mass is 9.80. The van der Waals surface area contributed by atoms with Crippen LogP contribution in [-0.2, 0) is 44.6 Å². The lowest BCUT2D eigenvalue weighted by Gasteiger charge is -2.41. The molecule has 5 rings (SSSR count). The van der Waals surface area contributed by atoms with Crippen molar-refractivity contribution in [2.45, 2.75) is 36.5 Å². The Balaban J connectivity index is 1.36. The van der Waals surface area contributed by atoms with Gasteiger partial charge in [0.15, 0.2) is 5.03 Å². The van der Waals surface area contributed by atoms with E-state index in [4.69, 9.17) is 16.3 Å². The summed E-state index contributed by atoms with van der Waals surface area (Å²) in [6.45, 7) is -0.175. The van der Waals surface area contributed by atoms with E-state index in [1.165, 1.54) is 12.4 Å². The van der Waals surface area contributed by atoms with Gasteiger partial charge >= 0.3 is 10.0 Å². The highest BCUT2D eigenvalue weighted by atomic mass is 35.5. The monoisotopic (exact) mass is 498 g/mol. The number of pyridine rings is 1. The maximum atomic E-state index is 13.4. The molecular weight excluding hydrogens is 482 g/mol. The SMILES string of the molecule is O=C(N1Cc2cn(S(=O)(=O)c3ccn(CC(F)F)n3)nc2C1)C1(c2ncccc2Cl)COC1. The second-order valence-corrected chi connectivity index (χ2v) is 9.97. The standard InChI is InChI=1S/C19H17ClF2N6O4S/c20-13-2-1-4-23-17(13)19(10-32-11-19)18(29)26-6-12-7-28(24-14(12)8-26)33(30,31)16-3-5-27(25-16)9-15(21)22/h1-5,7,15H,6,8-11H2. The van der Waals surface area contributed by atoms with Gasteiger partial charge in [-0.3, -0.25) is 14.5 Å². The molecule has 2 aliphatic rings. The number of hydrogen-bond acceptors (Lipinski definition) is 7. The second-order valence-electron chi connectivity index (χ2n) is 7.82. The molecule has 0 atom stereocenters. The Bertz CT molecular complexity index is 1310. The Hall–Kier alpha value is -2.90. The third kappa shape index (κ3) is 3.60. The van der Waals surface area contributed by atoms with Gasteiger partial charge in [0.2, 0.25) is 5.91 Å². The first-order chi connectivity index (χ1) is 15.7. The van der Waals surface area contributed by atoms with Gasteiger partial charge in [0.25, 0.3) is 6.43 Å². The van der Waals surface area contributed by atoms with E-state index >= 15 is 0 Å². The van der Waals surface area contributed by atoms with E-state index in [2.05, 4.69) is 15.2 Å². The highest BCUT2D eigenvalue weighted by molar-refractivity contribution is 7.89. The number of halogens is 3. The maximum Gasteiger partial charge on any atom is 0.302 e. The molecule has 3 aromatic rings. The average molecular weight is 499 g/mol. The summed E-state index contributed by atoms with van der Waals surface area (Å²) in [5, 5.41) is 7.80. The van der Waals surface area contributed by atoms with Crippen LogP contribution in [0.4, 0.5) is 8.78 Å². The summed E-state index contributed by atoms with van der Waals surface area (Å²) in [6.07, 6.45) is 1.37. The number of alkyl halides is 2. The van der Waals surface area contributed by atoms with E-state index in [1.807, 2.05) is 0 Å². The molecule has 1 fully saturated rings. The van der Waals surface area contributed by atoms with Gasteiger partial charge in [0.1, 0.15) is 12.0 Å². The fourth-order valence-corrected chi connectivity index (χ4v) is 5.33. The van der Waals surface area contributed by atoms with Crippen molar-refractivity contribution in [3.05, 3.63) is 58.8 Å². The lowest BCUT2D eigenvalue weighted by molar-refractivity contribution is -0.157. The van der Waals surface area contributed by atoms with Crippen LogP contribution in [0.2, 0.25) is 5.02 Å². The number of amides is 1. The van der Waals surface area contributed by atoms with Gasteiger partial charge in [-0.15, -0.1) is 0 Å². The average Bonchev–Trinajstić information content (AvgIpc) is 3.43. The van der Waals surface area contributed by atoms with Crippen molar-refractivity contribution in [1.82, 2.24) is 28.9 Å². The predicted octanol–water partition coefficient (Wildman–Crippen LogP) is 1.44. The number of carbonyl (C=O) groups excluding carboxylic acids is 1. The van der Waals surface area contributed by atoms with Crippen LogP contribution in [0.15, 0.2) is 41.8 Å². The molecule has 0 radical (unpaired) electrons. The third-order valence-electron chi connectivity index (χ3n) is 5.62. The molecule has 0 N–H and O–H groups in total. The predicted molar refractivity (Wildman–Crippen MR) is 109 cm³/mol. The number of hydrogen-bond donors (Lipinski definition) is 0. The quantitative estimate of drug-likeness (QED) is 0.505. The first kappa shape index (κ1) is 21.9. The summed E-state index contributed by atoms with van der Waals surface area (Å²) in [7, 11) is -4.16. The molecule has 1 saturated heterocycles. The van der Waals surface area contributed by atoms with Crippen LogP contribution in [-0.4, -0.2) is 62.8 Å². The molecule has 0 saturated carbocycles. The molecule has 0 bridgehead atoms. The van der Waals surface area contributed by atoms with E-state index in [9.17, 15) is 22.0 Å². The van der Waals surface area contributed by atoms with Crippen molar-refractivity contribution < 1.29 is 26.7 Å². The van der Waals surface area contributed by atoms with Gasteiger partial charge in [-0.2, -0.15) is 22.7 Å². The molecule has 2 aliphatic heterocycles. The van der Waals surface area contributed by atoms with Crippen molar-refractivity contribution in [1.29, 1.82) is 0 Å². The molecule has 0 spiro atoms. The van der Waals surface area contributed by atoms with Crippen LogP contribution in [0.3, 0.4) is 0 Å². The van der Waals surface area contributed by atoms with Crippen molar-refractivity contribution in [3.8, 4) is 0 Å². The smallest absolute Gasteiger partial charge is 0.302 e. The van der Waals surface area contributed by atoms with Gasteiger partial charge in [0, 0.05) is 30.7 Å².